The normalized spacial score (nSPS) is 21.0. The maximum absolute atomic E-state index is 10.3. The zero-order valence-electron chi connectivity index (χ0n) is 11.4. The summed E-state index contributed by atoms with van der Waals surface area (Å²) >= 11 is 0. The van der Waals surface area contributed by atoms with Gasteiger partial charge in [0, 0.05) is 19.2 Å². The number of benzene rings is 1. The van der Waals surface area contributed by atoms with E-state index in [1.165, 1.54) is 5.56 Å². The second-order valence-electron chi connectivity index (χ2n) is 5.68. The van der Waals surface area contributed by atoms with Crippen molar-refractivity contribution in [1.82, 2.24) is 0 Å². The number of para-hydroxylation sites is 1. The Morgan fingerprint density at radius 3 is 2.89 bits per heavy atom. The molecule has 0 saturated carbocycles. The van der Waals surface area contributed by atoms with E-state index in [0.717, 1.165) is 18.5 Å². The van der Waals surface area contributed by atoms with Crippen molar-refractivity contribution in [3.05, 3.63) is 29.8 Å². The van der Waals surface area contributed by atoms with E-state index in [1.807, 2.05) is 19.9 Å². The van der Waals surface area contributed by atoms with Gasteiger partial charge in [0.25, 0.3) is 0 Å². The molecule has 2 rings (SSSR count). The third-order valence-corrected chi connectivity index (χ3v) is 3.80. The standard InChI is InChI=1S/C15H23NO2/c1-15(2,18-3)10-14(17)13-9-8-11-6-4-5-7-12(11)16-13/h4-7,13-14,16-17H,8-10H2,1-3H3. The van der Waals surface area contributed by atoms with Crippen LogP contribution in [0.4, 0.5) is 5.69 Å². The molecule has 1 aromatic rings. The molecule has 18 heavy (non-hydrogen) atoms. The molecule has 2 atom stereocenters. The summed E-state index contributed by atoms with van der Waals surface area (Å²) in [5, 5.41) is 13.8. The van der Waals surface area contributed by atoms with Crippen LogP contribution in [0.2, 0.25) is 0 Å². The number of methoxy groups -OCH3 is 1. The van der Waals surface area contributed by atoms with Gasteiger partial charge >= 0.3 is 0 Å². The van der Waals surface area contributed by atoms with Gasteiger partial charge in [-0.3, -0.25) is 0 Å². The van der Waals surface area contributed by atoms with Crippen LogP contribution in [0.15, 0.2) is 24.3 Å². The van der Waals surface area contributed by atoms with Crippen molar-refractivity contribution in [3.63, 3.8) is 0 Å². The smallest absolute Gasteiger partial charge is 0.0768 e. The maximum atomic E-state index is 10.3. The Labute approximate surface area is 109 Å². The van der Waals surface area contributed by atoms with E-state index in [4.69, 9.17) is 4.74 Å². The summed E-state index contributed by atoms with van der Waals surface area (Å²) in [6.07, 6.45) is 2.26. The summed E-state index contributed by atoms with van der Waals surface area (Å²) in [4.78, 5) is 0. The highest BCUT2D eigenvalue weighted by Crippen LogP contribution is 2.28. The van der Waals surface area contributed by atoms with Crippen LogP contribution in [0.3, 0.4) is 0 Å². The van der Waals surface area contributed by atoms with Crippen molar-refractivity contribution in [1.29, 1.82) is 0 Å². The summed E-state index contributed by atoms with van der Waals surface area (Å²) < 4.78 is 5.38. The SMILES string of the molecule is COC(C)(C)CC(O)C1CCc2ccccc2N1. The highest BCUT2D eigenvalue weighted by Gasteiger charge is 2.29. The van der Waals surface area contributed by atoms with Gasteiger partial charge in [-0.1, -0.05) is 18.2 Å². The maximum Gasteiger partial charge on any atom is 0.0768 e. The quantitative estimate of drug-likeness (QED) is 0.862. The van der Waals surface area contributed by atoms with Crippen LogP contribution in [0.25, 0.3) is 0 Å². The van der Waals surface area contributed by atoms with Crippen LogP contribution in [0.5, 0.6) is 0 Å². The van der Waals surface area contributed by atoms with E-state index in [9.17, 15) is 5.11 Å². The van der Waals surface area contributed by atoms with Crippen LogP contribution >= 0.6 is 0 Å². The molecule has 2 N–H and O–H groups in total. The lowest BCUT2D eigenvalue weighted by atomic mass is 9.89. The molecule has 0 bridgehead atoms. The van der Waals surface area contributed by atoms with Gasteiger partial charge in [0.2, 0.25) is 0 Å². The molecule has 100 valence electrons. The Kier molecular flexibility index (Phi) is 3.93. The number of fused-ring (bicyclic) bond motifs is 1. The molecule has 1 heterocycles. The first-order valence-electron chi connectivity index (χ1n) is 6.59. The van der Waals surface area contributed by atoms with Crippen LogP contribution in [0.1, 0.15) is 32.3 Å². The van der Waals surface area contributed by atoms with Gasteiger partial charge in [0.15, 0.2) is 0 Å². The molecule has 0 radical (unpaired) electrons. The first-order chi connectivity index (χ1) is 8.52. The number of aliphatic hydroxyl groups excluding tert-OH is 1. The number of aryl methyl sites for hydroxylation is 1. The number of hydrogen-bond acceptors (Lipinski definition) is 3. The van der Waals surface area contributed by atoms with Gasteiger partial charge < -0.3 is 15.2 Å². The highest BCUT2D eigenvalue weighted by molar-refractivity contribution is 5.53. The molecule has 0 aliphatic carbocycles. The molecule has 1 aromatic carbocycles. The van der Waals surface area contributed by atoms with Crippen molar-refractivity contribution < 1.29 is 9.84 Å². The second kappa shape index (κ2) is 5.29. The van der Waals surface area contributed by atoms with Gasteiger partial charge in [-0.05, 0) is 38.3 Å². The Morgan fingerprint density at radius 2 is 2.17 bits per heavy atom. The van der Waals surface area contributed by atoms with Crippen molar-refractivity contribution in [3.8, 4) is 0 Å². The van der Waals surface area contributed by atoms with E-state index in [1.54, 1.807) is 7.11 Å². The Balaban J connectivity index is 2.00. The van der Waals surface area contributed by atoms with Crippen molar-refractivity contribution in [2.75, 3.05) is 12.4 Å². The summed E-state index contributed by atoms with van der Waals surface area (Å²) in [6, 6.07) is 8.43. The lowest BCUT2D eigenvalue weighted by Gasteiger charge is -2.34. The van der Waals surface area contributed by atoms with E-state index < -0.39 is 0 Å². The van der Waals surface area contributed by atoms with Gasteiger partial charge in [-0.15, -0.1) is 0 Å². The summed E-state index contributed by atoms with van der Waals surface area (Å²) in [5.74, 6) is 0. The summed E-state index contributed by atoms with van der Waals surface area (Å²) in [5.41, 5.74) is 2.22. The third-order valence-electron chi connectivity index (χ3n) is 3.80. The molecule has 3 heteroatoms. The molecule has 0 spiro atoms. The fourth-order valence-corrected chi connectivity index (χ4v) is 2.48. The fourth-order valence-electron chi connectivity index (χ4n) is 2.48. The van der Waals surface area contributed by atoms with Gasteiger partial charge in [0.1, 0.15) is 0 Å². The average Bonchev–Trinajstić information content (AvgIpc) is 2.37. The number of rotatable bonds is 4. The minimum absolute atomic E-state index is 0.120. The highest BCUT2D eigenvalue weighted by atomic mass is 16.5. The zero-order valence-corrected chi connectivity index (χ0v) is 11.4. The largest absolute Gasteiger partial charge is 0.391 e. The first kappa shape index (κ1) is 13.4. The molecule has 0 saturated heterocycles. The lowest BCUT2D eigenvalue weighted by Crippen LogP contribution is -2.41. The molecular weight excluding hydrogens is 226 g/mol. The minimum atomic E-state index is -0.381. The van der Waals surface area contributed by atoms with Crippen LogP contribution in [-0.2, 0) is 11.2 Å². The van der Waals surface area contributed by atoms with Crippen LogP contribution in [0, 0.1) is 0 Å². The second-order valence-corrected chi connectivity index (χ2v) is 5.68. The van der Waals surface area contributed by atoms with Gasteiger partial charge in [-0.2, -0.15) is 0 Å². The number of anilines is 1. The zero-order chi connectivity index (χ0) is 13.2. The molecule has 1 aliphatic rings. The number of nitrogens with one attached hydrogen (secondary N) is 1. The number of ether oxygens (including phenoxy) is 1. The van der Waals surface area contributed by atoms with E-state index in [-0.39, 0.29) is 17.7 Å². The lowest BCUT2D eigenvalue weighted by molar-refractivity contribution is -0.0242. The molecule has 0 amide bonds. The van der Waals surface area contributed by atoms with Crippen molar-refractivity contribution >= 4 is 5.69 Å². The predicted molar refractivity (Wildman–Crippen MR) is 73.9 cm³/mol. The molecule has 0 aromatic heterocycles. The Morgan fingerprint density at radius 1 is 1.44 bits per heavy atom. The summed E-state index contributed by atoms with van der Waals surface area (Å²) in [6.45, 7) is 4.01. The third kappa shape index (κ3) is 3.03. The molecule has 1 aliphatic heterocycles. The monoisotopic (exact) mass is 249 g/mol. The molecule has 3 nitrogen and oxygen atoms in total. The van der Waals surface area contributed by atoms with E-state index >= 15 is 0 Å². The number of aliphatic hydroxyl groups is 1. The predicted octanol–water partition coefficient (Wildman–Crippen LogP) is 2.59. The minimum Gasteiger partial charge on any atom is -0.391 e. The topological polar surface area (TPSA) is 41.5 Å². The van der Waals surface area contributed by atoms with Gasteiger partial charge in [0.05, 0.1) is 17.7 Å². The van der Waals surface area contributed by atoms with E-state index in [2.05, 4.69) is 23.5 Å². The van der Waals surface area contributed by atoms with Gasteiger partial charge in [-0.25, -0.2) is 0 Å². The molecule has 2 unspecified atom stereocenters. The van der Waals surface area contributed by atoms with E-state index in [0.29, 0.717) is 6.42 Å². The molecular formula is C15H23NO2. The first-order valence-corrected chi connectivity index (χ1v) is 6.59. The van der Waals surface area contributed by atoms with Crippen LogP contribution in [-0.4, -0.2) is 30.0 Å². The molecule has 0 fully saturated rings. The fraction of sp³-hybridized carbons (Fsp3) is 0.600. The number of hydrogen-bond donors (Lipinski definition) is 2. The Bertz CT molecular complexity index is 403. The van der Waals surface area contributed by atoms with Crippen molar-refractivity contribution in [2.45, 2.75) is 50.9 Å². The van der Waals surface area contributed by atoms with Crippen molar-refractivity contribution in [2.24, 2.45) is 0 Å². The summed E-state index contributed by atoms with van der Waals surface area (Å²) in [7, 11) is 1.69. The average molecular weight is 249 g/mol. The van der Waals surface area contributed by atoms with Crippen LogP contribution < -0.4 is 5.32 Å². The Hall–Kier alpha value is -1.06.